The summed E-state index contributed by atoms with van der Waals surface area (Å²) in [6.45, 7) is 2.18. The van der Waals surface area contributed by atoms with Gasteiger partial charge in [-0.25, -0.2) is 9.37 Å². The van der Waals surface area contributed by atoms with E-state index >= 15 is 0 Å². The predicted molar refractivity (Wildman–Crippen MR) is 110 cm³/mol. The minimum atomic E-state index is -0.303. The van der Waals surface area contributed by atoms with Gasteiger partial charge in [0.2, 0.25) is 0 Å². The lowest BCUT2D eigenvalue weighted by Crippen LogP contribution is -2.17. The molecule has 1 fully saturated rings. The topological polar surface area (TPSA) is 57.3 Å². The molecule has 4 rings (SSSR count). The Kier molecular flexibility index (Phi) is 5.19. The third-order valence-electron chi connectivity index (χ3n) is 4.74. The Balaban J connectivity index is 1.42. The Hall–Kier alpha value is -3.41. The normalized spacial score (nSPS) is 13.4. The van der Waals surface area contributed by atoms with Crippen LogP contribution in [0.4, 0.5) is 27.3 Å². The first kappa shape index (κ1) is 18.0. The molecule has 0 aliphatic carbocycles. The van der Waals surface area contributed by atoms with Gasteiger partial charge in [-0.15, -0.1) is 0 Å². The number of rotatable bonds is 5. The summed E-state index contributed by atoms with van der Waals surface area (Å²) in [5.41, 5.74) is 3.12. The van der Waals surface area contributed by atoms with Crippen LogP contribution in [0.5, 0.6) is 0 Å². The highest BCUT2D eigenvalue weighted by Gasteiger charge is 2.12. The molecule has 6 heteroatoms. The monoisotopic (exact) mass is 376 g/mol. The van der Waals surface area contributed by atoms with Crippen LogP contribution in [0.2, 0.25) is 0 Å². The molecule has 1 aliphatic rings. The summed E-state index contributed by atoms with van der Waals surface area (Å²) in [5, 5.41) is 5.98. The van der Waals surface area contributed by atoms with Crippen molar-refractivity contribution in [2.24, 2.45) is 0 Å². The number of benzene rings is 2. The molecule has 1 amide bonds. The van der Waals surface area contributed by atoms with Crippen LogP contribution in [0, 0.1) is 5.82 Å². The molecular formula is C22H21FN4O. The van der Waals surface area contributed by atoms with Crippen molar-refractivity contribution in [2.75, 3.05) is 28.6 Å². The Morgan fingerprint density at radius 2 is 1.61 bits per heavy atom. The zero-order valence-corrected chi connectivity index (χ0v) is 15.4. The van der Waals surface area contributed by atoms with E-state index in [4.69, 9.17) is 0 Å². The summed E-state index contributed by atoms with van der Waals surface area (Å²) in [5.74, 6) is 0.00417. The molecule has 2 aromatic carbocycles. The third kappa shape index (κ3) is 4.28. The number of aromatic nitrogens is 1. The second-order valence-corrected chi connectivity index (χ2v) is 6.76. The van der Waals surface area contributed by atoms with Gasteiger partial charge in [0.1, 0.15) is 11.6 Å². The zero-order chi connectivity index (χ0) is 19.3. The molecule has 0 spiro atoms. The van der Waals surface area contributed by atoms with E-state index in [0.717, 1.165) is 18.8 Å². The molecule has 5 nitrogen and oxygen atoms in total. The molecule has 1 saturated heterocycles. The Labute approximate surface area is 163 Å². The van der Waals surface area contributed by atoms with Crippen LogP contribution in [-0.2, 0) is 0 Å². The number of carbonyl (C=O) groups is 1. The van der Waals surface area contributed by atoms with Crippen molar-refractivity contribution in [3.63, 3.8) is 0 Å². The quantitative estimate of drug-likeness (QED) is 0.670. The lowest BCUT2D eigenvalue weighted by Gasteiger charge is -2.17. The van der Waals surface area contributed by atoms with Gasteiger partial charge in [0.05, 0.1) is 0 Å². The summed E-state index contributed by atoms with van der Waals surface area (Å²) >= 11 is 0. The average molecular weight is 376 g/mol. The van der Waals surface area contributed by atoms with Crippen molar-refractivity contribution < 1.29 is 9.18 Å². The molecule has 1 aliphatic heterocycles. The molecule has 1 aromatic heterocycles. The van der Waals surface area contributed by atoms with Crippen molar-refractivity contribution >= 4 is 28.8 Å². The maximum Gasteiger partial charge on any atom is 0.255 e. The van der Waals surface area contributed by atoms with Crippen molar-refractivity contribution in [2.45, 2.75) is 12.8 Å². The zero-order valence-electron chi connectivity index (χ0n) is 15.4. The van der Waals surface area contributed by atoms with Gasteiger partial charge >= 0.3 is 0 Å². The Morgan fingerprint density at radius 3 is 2.32 bits per heavy atom. The van der Waals surface area contributed by atoms with Crippen LogP contribution in [0.15, 0.2) is 66.9 Å². The highest BCUT2D eigenvalue weighted by Crippen LogP contribution is 2.22. The molecular weight excluding hydrogens is 355 g/mol. The molecule has 0 radical (unpaired) electrons. The lowest BCUT2D eigenvalue weighted by molar-refractivity contribution is 0.102. The summed E-state index contributed by atoms with van der Waals surface area (Å²) in [4.78, 5) is 19.1. The number of pyridine rings is 1. The van der Waals surface area contributed by atoms with Crippen molar-refractivity contribution in [3.8, 4) is 0 Å². The van der Waals surface area contributed by atoms with Crippen molar-refractivity contribution in [1.29, 1.82) is 0 Å². The molecule has 2 N–H and O–H groups in total. The molecule has 0 bridgehead atoms. The first-order valence-electron chi connectivity index (χ1n) is 9.32. The summed E-state index contributed by atoms with van der Waals surface area (Å²) in [6, 6.07) is 17.2. The van der Waals surface area contributed by atoms with Crippen LogP contribution in [-0.4, -0.2) is 24.0 Å². The highest BCUT2D eigenvalue weighted by atomic mass is 19.1. The van der Waals surface area contributed by atoms with Crippen LogP contribution < -0.4 is 15.5 Å². The highest BCUT2D eigenvalue weighted by molar-refractivity contribution is 6.04. The van der Waals surface area contributed by atoms with Crippen LogP contribution >= 0.6 is 0 Å². The largest absolute Gasteiger partial charge is 0.372 e. The Bertz CT molecular complexity index is 951. The number of carbonyl (C=O) groups excluding carboxylic acids is 1. The first-order chi connectivity index (χ1) is 13.7. The summed E-state index contributed by atoms with van der Waals surface area (Å²) in [7, 11) is 0. The molecule has 0 unspecified atom stereocenters. The van der Waals surface area contributed by atoms with E-state index < -0.39 is 0 Å². The fourth-order valence-electron chi connectivity index (χ4n) is 3.26. The molecule has 0 atom stereocenters. The predicted octanol–water partition coefficient (Wildman–Crippen LogP) is 4.82. The third-order valence-corrected chi connectivity index (χ3v) is 4.74. The Morgan fingerprint density at radius 1 is 0.929 bits per heavy atom. The number of nitrogens with zero attached hydrogens (tertiary/aromatic N) is 2. The minimum absolute atomic E-state index is 0.210. The van der Waals surface area contributed by atoms with E-state index in [2.05, 4.69) is 20.5 Å². The minimum Gasteiger partial charge on any atom is -0.372 e. The lowest BCUT2D eigenvalue weighted by atomic mass is 10.2. The van der Waals surface area contributed by atoms with Crippen LogP contribution in [0.1, 0.15) is 23.2 Å². The molecule has 142 valence electrons. The molecule has 3 aromatic rings. The van der Waals surface area contributed by atoms with Crippen LogP contribution in [0.25, 0.3) is 0 Å². The first-order valence-corrected chi connectivity index (χ1v) is 9.32. The van der Waals surface area contributed by atoms with Crippen LogP contribution in [0.3, 0.4) is 0 Å². The van der Waals surface area contributed by atoms with E-state index in [-0.39, 0.29) is 11.7 Å². The van der Waals surface area contributed by atoms with Gasteiger partial charge in [0.15, 0.2) is 0 Å². The summed E-state index contributed by atoms with van der Waals surface area (Å²) < 4.78 is 13.0. The van der Waals surface area contributed by atoms with Gasteiger partial charge in [0, 0.05) is 41.9 Å². The van der Waals surface area contributed by atoms with Gasteiger partial charge in [-0.1, -0.05) is 0 Å². The smallest absolute Gasteiger partial charge is 0.255 e. The maximum absolute atomic E-state index is 13.0. The fourth-order valence-corrected chi connectivity index (χ4v) is 3.26. The van der Waals surface area contributed by atoms with E-state index in [0.29, 0.717) is 17.1 Å². The molecule has 2 heterocycles. The molecule has 0 saturated carbocycles. The van der Waals surface area contributed by atoms with Crippen molar-refractivity contribution in [1.82, 2.24) is 4.98 Å². The van der Waals surface area contributed by atoms with E-state index in [1.807, 2.05) is 24.3 Å². The maximum atomic E-state index is 13.0. The average Bonchev–Trinajstić information content (AvgIpc) is 3.25. The number of amides is 1. The van der Waals surface area contributed by atoms with Gasteiger partial charge in [0.25, 0.3) is 5.91 Å². The second kappa shape index (κ2) is 8.08. The van der Waals surface area contributed by atoms with E-state index in [1.165, 1.54) is 30.7 Å². The standard InChI is InChI=1S/C22H21FN4O/c23-17-3-5-18(6-4-17)25-21-15-16(11-12-24-21)22(28)26-19-7-9-20(10-8-19)27-13-1-2-14-27/h3-12,15H,1-2,13-14H2,(H,24,25)(H,26,28). The SMILES string of the molecule is O=C(Nc1ccc(N2CCCC2)cc1)c1ccnc(Nc2ccc(F)cc2)c1. The van der Waals surface area contributed by atoms with Gasteiger partial charge in [-0.2, -0.15) is 0 Å². The fraction of sp³-hybridized carbons (Fsp3) is 0.182. The number of nitrogens with one attached hydrogen (secondary N) is 2. The van der Waals surface area contributed by atoms with Gasteiger partial charge in [-0.05, 0) is 73.5 Å². The second-order valence-electron chi connectivity index (χ2n) is 6.76. The molecule has 28 heavy (non-hydrogen) atoms. The number of hydrogen-bond donors (Lipinski definition) is 2. The van der Waals surface area contributed by atoms with Gasteiger partial charge < -0.3 is 15.5 Å². The van der Waals surface area contributed by atoms with Crippen molar-refractivity contribution in [3.05, 3.63) is 78.2 Å². The van der Waals surface area contributed by atoms with E-state index in [1.54, 1.807) is 30.5 Å². The van der Waals surface area contributed by atoms with E-state index in [9.17, 15) is 9.18 Å². The number of hydrogen-bond acceptors (Lipinski definition) is 4. The van der Waals surface area contributed by atoms with Gasteiger partial charge in [-0.3, -0.25) is 4.79 Å². The number of halogens is 1. The summed E-state index contributed by atoms with van der Waals surface area (Å²) in [6.07, 6.45) is 4.03. The number of anilines is 4.